The Bertz CT molecular complexity index is 1570. The third-order valence-corrected chi connectivity index (χ3v) is 5.17. The van der Waals surface area contributed by atoms with E-state index in [4.69, 9.17) is 63.8 Å². The van der Waals surface area contributed by atoms with E-state index < -0.39 is 17.7 Å². The second-order valence-corrected chi connectivity index (χ2v) is 8.57. The third-order valence-electron chi connectivity index (χ3n) is 5.17. The van der Waals surface area contributed by atoms with Crippen molar-refractivity contribution in [2.45, 2.75) is 6.42 Å². The van der Waals surface area contributed by atoms with Crippen molar-refractivity contribution in [3.05, 3.63) is 95.1 Å². The standard InChI is InChI=1S/C8H11NO2.3C7H7NO3/c9-4-3-6-1-2-7(10)8(11)5-6;8-7(11)4-1-5(9)3-6(10)2-4;8-7(11)5-2-1-4(9)3-6(5)10;8-7(11)6-4(9)2-1-3-5(6)10/h1-2,5,10-11H,3-4,9H2;3*1-3,9-10H,(H2,8,11). The first-order valence-corrected chi connectivity index (χ1v) is 12.2. The Labute approximate surface area is 250 Å². The highest BCUT2D eigenvalue weighted by molar-refractivity contribution is 5.98. The van der Waals surface area contributed by atoms with Crippen molar-refractivity contribution in [1.29, 1.82) is 0 Å². The predicted molar refractivity (Wildman–Crippen MR) is 157 cm³/mol. The fourth-order valence-corrected chi connectivity index (χ4v) is 3.14. The van der Waals surface area contributed by atoms with Crippen LogP contribution in [0.5, 0.6) is 46.0 Å². The molecule has 0 atom stereocenters. The van der Waals surface area contributed by atoms with Gasteiger partial charge in [0.05, 0.1) is 5.56 Å². The normalized spacial score (nSPS) is 9.57. The molecule has 4 aromatic rings. The highest BCUT2D eigenvalue weighted by atomic mass is 16.3. The van der Waals surface area contributed by atoms with Gasteiger partial charge in [-0.25, -0.2) is 0 Å². The molecule has 0 heterocycles. The maximum Gasteiger partial charge on any atom is 0.256 e. The molecule has 16 N–H and O–H groups in total. The summed E-state index contributed by atoms with van der Waals surface area (Å²) in [6.07, 6.45) is 0.716. The number of carbonyl (C=O) groups is 3. The zero-order chi connectivity index (χ0) is 33.6. The van der Waals surface area contributed by atoms with Crippen molar-refractivity contribution in [3.8, 4) is 46.0 Å². The van der Waals surface area contributed by atoms with Crippen LogP contribution in [-0.4, -0.2) is 65.1 Å². The van der Waals surface area contributed by atoms with Crippen LogP contribution in [0.1, 0.15) is 36.6 Å². The number of carbonyl (C=O) groups excluding carboxylic acids is 3. The van der Waals surface area contributed by atoms with Gasteiger partial charge in [0.25, 0.3) is 11.8 Å². The van der Waals surface area contributed by atoms with Crippen LogP contribution in [0, 0.1) is 0 Å². The lowest BCUT2D eigenvalue weighted by Crippen LogP contribution is -2.11. The van der Waals surface area contributed by atoms with Gasteiger partial charge < -0.3 is 63.8 Å². The summed E-state index contributed by atoms with van der Waals surface area (Å²) in [5.41, 5.74) is 20.7. The lowest BCUT2D eigenvalue weighted by molar-refractivity contribution is 0.0987. The van der Waals surface area contributed by atoms with E-state index in [9.17, 15) is 14.4 Å². The maximum absolute atomic E-state index is 10.5. The summed E-state index contributed by atoms with van der Waals surface area (Å²) in [6.45, 7) is 0.546. The van der Waals surface area contributed by atoms with Crippen LogP contribution in [-0.2, 0) is 6.42 Å². The summed E-state index contributed by atoms with van der Waals surface area (Å²) < 4.78 is 0. The molecule has 0 aromatic heterocycles. The van der Waals surface area contributed by atoms with Crippen LogP contribution in [0.25, 0.3) is 0 Å². The Morgan fingerprint density at radius 3 is 1.50 bits per heavy atom. The van der Waals surface area contributed by atoms with E-state index in [0.29, 0.717) is 13.0 Å². The molecule has 15 nitrogen and oxygen atoms in total. The number of phenolic OH excluding ortho intramolecular Hbond substituents is 5. The van der Waals surface area contributed by atoms with E-state index in [2.05, 4.69) is 0 Å². The molecule has 4 aromatic carbocycles. The lowest BCUT2D eigenvalue weighted by atomic mass is 10.1. The van der Waals surface area contributed by atoms with Gasteiger partial charge in [0.15, 0.2) is 11.5 Å². The zero-order valence-electron chi connectivity index (χ0n) is 23.0. The van der Waals surface area contributed by atoms with Crippen molar-refractivity contribution < 1.29 is 55.2 Å². The van der Waals surface area contributed by atoms with E-state index in [-0.39, 0.29) is 62.7 Å². The van der Waals surface area contributed by atoms with E-state index in [1.54, 1.807) is 6.07 Å². The molecule has 44 heavy (non-hydrogen) atoms. The summed E-state index contributed by atoms with van der Waals surface area (Å²) in [6, 6.07) is 15.8. The molecule has 0 radical (unpaired) electrons. The number of primary amides is 3. The third kappa shape index (κ3) is 11.6. The molecule has 0 aliphatic carbocycles. The van der Waals surface area contributed by atoms with Crippen LogP contribution in [0.4, 0.5) is 0 Å². The molecule has 0 spiro atoms. The Morgan fingerprint density at radius 2 is 1.09 bits per heavy atom. The Balaban J connectivity index is 0.000000293. The molecule has 0 aliphatic rings. The Kier molecular flexibility index (Phi) is 13.6. The van der Waals surface area contributed by atoms with Crippen LogP contribution >= 0.6 is 0 Å². The zero-order valence-corrected chi connectivity index (χ0v) is 23.0. The molecule has 234 valence electrons. The summed E-state index contributed by atoms with van der Waals surface area (Å²) in [5, 5.41) is 71.5. The quantitative estimate of drug-likeness (QED) is 0.141. The SMILES string of the molecule is NC(=O)c1c(O)cccc1O.NC(=O)c1cc(O)cc(O)c1.NC(=O)c1ccc(O)cc1O.NCCc1ccc(O)c(O)c1. The summed E-state index contributed by atoms with van der Waals surface area (Å²) in [4.78, 5) is 31.6. The average Bonchev–Trinajstić information content (AvgIpc) is 2.91. The average molecular weight is 613 g/mol. The fraction of sp³-hybridized carbons (Fsp3) is 0.0690. The summed E-state index contributed by atoms with van der Waals surface area (Å²) in [7, 11) is 0. The number of hydrogen-bond acceptors (Lipinski definition) is 12. The van der Waals surface area contributed by atoms with E-state index in [1.165, 1.54) is 54.6 Å². The minimum absolute atomic E-state index is 0.00259. The molecule has 0 saturated carbocycles. The molecule has 3 amide bonds. The first kappa shape index (κ1) is 35.7. The molecule has 4 rings (SSSR count). The smallest absolute Gasteiger partial charge is 0.256 e. The number of amides is 3. The molecule has 0 unspecified atom stereocenters. The van der Waals surface area contributed by atoms with Gasteiger partial charge in [-0.1, -0.05) is 12.1 Å². The number of hydrogen-bond donors (Lipinski definition) is 12. The van der Waals surface area contributed by atoms with Gasteiger partial charge in [-0.15, -0.1) is 0 Å². The number of rotatable bonds is 5. The maximum atomic E-state index is 10.5. The second-order valence-electron chi connectivity index (χ2n) is 8.57. The topological polar surface area (TPSA) is 317 Å². The van der Waals surface area contributed by atoms with Gasteiger partial charge in [0.2, 0.25) is 5.91 Å². The molecular formula is C29H32N4O11. The van der Waals surface area contributed by atoms with Gasteiger partial charge in [0.1, 0.15) is 40.1 Å². The van der Waals surface area contributed by atoms with E-state index >= 15 is 0 Å². The molecule has 0 saturated heterocycles. The number of benzene rings is 4. The van der Waals surface area contributed by atoms with Crippen molar-refractivity contribution in [2.75, 3.05) is 6.54 Å². The monoisotopic (exact) mass is 612 g/mol. The predicted octanol–water partition coefficient (Wildman–Crippen LogP) is 1.19. The molecular weight excluding hydrogens is 580 g/mol. The van der Waals surface area contributed by atoms with E-state index in [1.807, 2.05) is 0 Å². The fourth-order valence-electron chi connectivity index (χ4n) is 3.14. The highest BCUT2D eigenvalue weighted by Crippen LogP contribution is 2.26. The molecule has 0 bridgehead atoms. The van der Waals surface area contributed by atoms with Gasteiger partial charge in [-0.2, -0.15) is 0 Å². The van der Waals surface area contributed by atoms with Crippen LogP contribution in [0.2, 0.25) is 0 Å². The molecule has 0 aliphatic heterocycles. The van der Waals surface area contributed by atoms with E-state index in [0.717, 1.165) is 17.7 Å². The summed E-state index contributed by atoms with van der Waals surface area (Å²) in [5.74, 6) is -3.82. The number of aromatic hydroxyl groups is 8. The number of nitrogens with two attached hydrogens (primary N) is 4. The minimum Gasteiger partial charge on any atom is -0.508 e. The van der Waals surface area contributed by atoms with Crippen LogP contribution in [0.3, 0.4) is 0 Å². The first-order valence-electron chi connectivity index (χ1n) is 12.2. The second kappa shape index (κ2) is 16.8. The van der Waals surface area contributed by atoms with Gasteiger partial charge in [-0.3, -0.25) is 14.4 Å². The van der Waals surface area contributed by atoms with Crippen molar-refractivity contribution >= 4 is 17.7 Å². The summed E-state index contributed by atoms with van der Waals surface area (Å²) >= 11 is 0. The van der Waals surface area contributed by atoms with Crippen LogP contribution in [0.15, 0.2) is 72.8 Å². The minimum atomic E-state index is -0.847. The van der Waals surface area contributed by atoms with Gasteiger partial charge in [-0.05, 0) is 67.1 Å². The van der Waals surface area contributed by atoms with Gasteiger partial charge in [0, 0.05) is 17.7 Å². The number of phenols is 8. The largest absolute Gasteiger partial charge is 0.508 e. The highest BCUT2D eigenvalue weighted by Gasteiger charge is 2.11. The first-order chi connectivity index (χ1) is 20.6. The van der Waals surface area contributed by atoms with Crippen LogP contribution < -0.4 is 22.9 Å². The van der Waals surface area contributed by atoms with Gasteiger partial charge >= 0.3 is 0 Å². The molecule has 15 heteroatoms. The Hall–Kier alpha value is -6.35. The van der Waals surface area contributed by atoms with Crippen molar-refractivity contribution in [2.24, 2.45) is 22.9 Å². The lowest BCUT2D eigenvalue weighted by Gasteiger charge is -2.00. The van der Waals surface area contributed by atoms with Crippen molar-refractivity contribution in [3.63, 3.8) is 0 Å². The molecule has 0 fully saturated rings. The van der Waals surface area contributed by atoms with Crippen molar-refractivity contribution in [1.82, 2.24) is 0 Å². The Morgan fingerprint density at radius 1 is 0.523 bits per heavy atom.